The van der Waals surface area contributed by atoms with Crippen LogP contribution in [-0.2, 0) is 4.79 Å². The SMILES string of the molecule is CNC(C)(CCN1CCC(C)(C)CC1)C(=O)O. The van der Waals surface area contributed by atoms with Gasteiger partial charge in [-0.3, -0.25) is 4.79 Å². The molecule has 100 valence electrons. The normalized spacial score (nSPS) is 24.2. The Bertz CT molecular complexity index is 269. The van der Waals surface area contributed by atoms with Gasteiger partial charge in [0.1, 0.15) is 5.54 Å². The highest BCUT2D eigenvalue weighted by molar-refractivity contribution is 5.78. The van der Waals surface area contributed by atoms with Gasteiger partial charge < -0.3 is 15.3 Å². The van der Waals surface area contributed by atoms with E-state index < -0.39 is 11.5 Å². The Balaban J connectivity index is 2.39. The van der Waals surface area contributed by atoms with Crippen LogP contribution in [0.4, 0.5) is 0 Å². The quantitative estimate of drug-likeness (QED) is 0.768. The zero-order chi connectivity index (χ0) is 13.1. The van der Waals surface area contributed by atoms with Crippen LogP contribution in [0.15, 0.2) is 0 Å². The smallest absolute Gasteiger partial charge is 0.323 e. The maximum Gasteiger partial charge on any atom is 0.323 e. The molecule has 1 heterocycles. The van der Waals surface area contributed by atoms with Crippen LogP contribution in [0.25, 0.3) is 0 Å². The second kappa shape index (κ2) is 5.36. The minimum atomic E-state index is -0.799. The summed E-state index contributed by atoms with van der Waals surface area (Å²) in [5, 5.41) is 12.1. The minimum absolute atomic E-state index is 0.454. The third-order valence-electron chi connectivity index (χ3n) is 4.16. The molecule has 2 N–H and O–H groups in total. The number of hydrogen-bond donors (Lipinski definition) is 2. The van der Waals surface area contributed by atoms with Crippen molar-refractivity contribution in [3.63, 3.8) is 0 Å². The predicted octanol–water partition coefficient (Wildman–Crippen LogP) is 1.56. The molecule has 0 bridgehead atoms. The Kier molecular flexibility index (Phi) is 4.55. The van der Waals surface area contributed by atoms with Crippen LogP contribution in [0, 0.1) is 5.41 Å². The zero-order valence-corrected chi connectivity index (χ0v) is 11.5. The number of aliphatic carboxylic acids is 1. The summed E-state index contributed by atoms with van der Waals surface area (Å²) >= 11 is 0. The van der Waals surface area contributed by atoms with Gasteiger partial charge in [-0.25, -0.2) is 0 Å². The summed E-state index contributed by atoms with van der Waals surface area (Å²) in [6, 6.07) is 0. The second-order valence-electron chi connectivity index (χ2n) is 6.14. The maximum absolute atomic E-state index is 11.1. The van der Waals surface area contributed by atoms with Crippen molar-refractivity contribution in [3.8, 4) is 0 Å². The van der Waals surface area contributed by atoms with Gasteiger partial charge in [0, 0.05) is 6.54 Å². The van der Waals surface area contributed by atoms with Crippen molar-refractivity contribution in [2.24, 2.45) is 5.41 Å². The Hall–Kier alpha value is -0.610. The van der Waals surface area contributed by atoms with E-state index in [9.17, 15) is 4.79 Å². The van der Waals surface area contributed by atoms with Crippen LogP contribution in [-0.4, -0.2) is 48.2 Å². The fourth-order valence-electron chi connectivity index (χ4n) is 2.10. The van der Waals surface area contributed by atoms with E-state index in [1.165, 1.54) is 12.8 Å². The van der Waals surface area contributed by atoms with Crippen molar-refractivity contribution >= 4 is 5.97 Å². The van der Waals surface area contributed by atoms with Gasteiger partial charge in [0.25, 0.3) is 0 Å². The van der Waals surface area contributed by atoms with Gasteiger partial charge in [-0.15, -0.1) is 0 Å². The number of likely N-dealkylation sites (N-methyl/N-ethyl adjacent to an activating group) is 1. The number of rotatable bonds is 5. The van der Waals surface area contributed by atoms with E-state index in [0.29, 0.717) is 11.8 Å². The van der Waals surface area contributed by atoms with Gasteiger partial charge >= 0.3 is 5.97 Å². The van der Waals surface area contributed by atoms with E-state index >= 15 is 0 Å². The number of nitrogens with zero attached hydrogens (tertiary/aromatic N) is 1. The molecule has 1 unspecified atom stereocenters. The second-order valence-corrected chi connectivity index (χ2v) is 6.14. The van der Waals surface area contributed by atoms with Gasteiger partial charge in [-0.2, -0.15) is 0 Å². The van der Waals surface area contributed by atoms with E-state index in [-0.39, 0.29) is 0 Å². The molecule has 0 amide bonds. The number of carboxylic acids is 1. The largest absolute Gasteiger partial charge is 0.480 e. The van der Waals surface area contributed by atoms with Crippen LogP contribution >= 0.6 is 0 Å². The lowest BCUT2D eigenvalue weighted by molar-refractivity contribution is -0.144. The summed E-state index contributed by atoms with van der Waals surface area (Å²) in [4.78, 5) is 13.5. The fraction of sp³-hybridized carbons (Fsp3) is 0.923. The van der Waals surface area contributed by atoms with Crippen molar-refractivity contribution in [2.75, 3.05) is 26.7 Å². The summed E-state index contributed by atoms with van der Waals surface area (Å²) in [5.74, 6) is -0.766. The average molecular weight is 242 g/mol. The van der Waals surface area contributed by atoms with Gasteiger partial charge in [0.2, 0.25) is 0 Å². The average Bonchev–Trinajstić information content (AvgIpc) is 2.27. The molecule has 1 atom stereocenters. The lowest BCUT2D eigenvalue weighted by Crippen LogP contribution is -2.50. The van der Waals surface area contributed by atoms with Gasteiger partial charge in [0.15, 0.2) is 0 Å². The van der Waals surface area contributed by atoms with Crippen molar-refractivity contribution in [3.05, 3.63) is 0 Å². The number of piperidine rings is 1. The van der Waals surface area contributed by atoms with Crippen LogP contribution in [0.3, 0.4) is 0 Å². The molecule has 0 radical (unpaired) electrons. The van der Waals surface area contributed by atoms with Crippen molar-refractivity contribution in [1.29, 1.82) is 0 Å². The highest BCUT2D eigenvalue weighted by Crippen LogP contribution is 2.29. The van der Waals surface area contributed by atoms with Crippen molar-refractivity contribution in [1.82, 2.24) is 10.2 Å². The maximum atomic E-state index is 11.1. The Morgan fingerprint density at radius 3 is 2.35 bits per heavy atom. The molecule has 0 saturated carbocycles. The van der Waals surface area contributed by atoms with E-state index in [4.69, 9.17) is 5.11 Å². The van der Waals surface area contributed by atoms with Gasteiger partial charge in [-0.05, 0) is 51.7 Å². The third-order valence-corrected chi connectivity index (χ3v) is 4.16. The molecule has 0 aromatic heterocycles. The molecule has 4 nitrogen and oxygen atoms in total. The summed E-state index contributed by atoms with van der Waals surface area (Å²) in [6.45, 7) is 9.40. The monoisotopic (exact) mass is 242 g/mol. The molecule has 0 spiro atoms. The zero-order valence-electron chi connectivity index (χ0n) is 11.5. The Labute approximate surface area is 104 Å². The van der Waals surface area contributed by atoms with Crippen LogP contribution in [0.2, 0.25) is 0 Å². The molecule has 1 aliphatic heterocycles. The molecule has 0 aromatic carbocycles. The highest BCUT2D eigenvalue weighted by atomic mass is 16.4. The molecule has 1 fully saturated rings. The topological polar surface area (TPSA) is 52.6 Å². The standard InChI is InChI=1S/C13H26N2O2/c1-12(2)5-8-15(9-6-12)10-7-13(3,14-4)11(16)17/h14H,5-10H2,1-4H3,(H,16,17). The van der Waals surface area contributed by atoms with E-state index in [2.05, 4.69) is 24.1 Å². The van der Waals surface area contributed by atoms with Crippen LogP contribution < -0.4 is 5.32 Å². The molecule has 1 aliphatic rings. The first-order valence-corrected chi connectivity index (χ1v) is 6.44. The van der Waals surface area contributed by atoms with Crippen LogP contribution in [0.1, 0.15) is 40.0 Å². The molecule has 1 rings (SSSR count). The summed E-state index contributed by atoms with van der Waals surface area (Å²) in [6.07, 6.45) is 3.06. The number of carbonyl (C=O) groups is 1. The number of likely N-dealkylation sites (tertiary alicyclic amines) is 1. The lowest BCUT2D eigenvalue weighted by Gasteiger charge is -2.38. The van der Waals surface area contributed by atoms with E-state index in [1.54, 1.807) is 14.0 Å². The first kappa shape index (κ1) is 14.5. The number of hydrogen-bond acceptors (Lipinski definition) is 3. The highest BCUT2D eigenvalue weighted by Gasteiger charge is 2.32. The molecule has 4 heteroatoms. The molecular formula is C13H26N2O2. The Morgan fingerprint density at radius 1 is 1.41 bits per heavy atom. The van der Waals surface area contributed by atoms with E-state index in [0.717, 1.165) is 19.6 Å². The first-order valence-electron chi connectivity index (χ1n) is 6.44. The Morgan fingerprint density at radius 2 is 1.94 bits per heavy atom. The van der Waals surface area contributed by atoms with Gasteiger partial charge in [0.05, 0.1) is 0 Å². The number of carboxylic acid groups (broad SMARTS) is 1. The summed E-state index contributed by atoms with van der Waals surface area (Å²) in [7, 11) is 1.72. The lowest BCUT2D eigenvalue weighted by atomic mass is 9.82. The third kappa shape index (κ3) is 3.96. The first-order chi connectivity index (χ1) is 7.79. The molecule has 17 heavy (non-hydrogen) atoms. The molecule has 0 aromatic rings. The van der Waals surface area contributed by atoms with E-state index in [1.807, 2.05) is 0 Å². The van der Waals surface area contributed by atoms with Gasteiger partial charge in [-0.1, -0.05) is 13.8 Å². The number of nitrogens with one attached hydrogen (secondary N) is 1. The predicted molar refractivity (Wildman–Crippen MR) is 69.2 cm³/mol. The minimum Gasteiger partial charge on any atom is -0.480 e. The summed E-state index contributed by atoms with van der Waals surface area (Å²) < 4.78 is 0. The van der Waals surface area contributed by atoms with Crippen molar-refractivity contribution in [2.45, 2.75) is 45.6 Å². The molecule has 0 aliphatic carbocycles. The molecule has 1 saturated heterocycles. The van der Waals surface area contributed by atoms with Crippen molar-refractivity contribution < 1.29 is 9.90 Å². The summed E-state index contributed by atoms with van der Waals surface area (Å²) in [5.41, 5.74) is -0.345. The fourth-order valence-corrected chi connectivity index (χ4v) is 2.10. The molecular weight excluding hydrogens is 216 g/mol. The van der Waals surface area contributed by atoms with Crippen LogP contribution in [0.5, 0.6) is 0 Å².